The second-order valence-electron chi connectivity index (χ2n) is 9.56. The summed E-state index contributed by atoms with van der Waals surface area (Å²) in [5.41, 5.74) is 2.65. The minimum atomic E-state index is -0.215. The third kappa shape index (κ3) is 6.00. The Morgan fingerprint density at radius 3 is 2.84 bits per heavy atom. The lowest BCUT2D eigenvalue weighted by atomic mass is 10.00. The molecule has 1 fully saturated rings. The maximum absolute atomic E-state index is 13.8. The van der Waals surface area contributed by atoms with Gasteiger partial charge in [-0.15, -0.1) is 11.3 Å². The molecule has 2 aliphatic rings. The Morgan fingerprint density at radius 2 is 2.05 bits per heavy atom. The molecule has 0 spiro atoms. The van der Waals surface area contributed by atoms with Crippen LogP contribution in [0.1, 0.15) is 45.2 Å². The van der Waals surface area contributed by atoms with E-state index in [4.69, 9.17) is 21.1 Å². The van der Waals surface area contributed by atoms with Crippen molar-refractivity contribution in [3.8, 4) is 5.75 Å². The van der Waals surface area contributed by atoms with E-state index in [1.165, 1.54) is 4.88 Å². The van der Waals surface area contributed by atoms with Crippen LogP contribution in [0.3, 0.4) is 0 Å². The van der Waals surface area contributed by atoms with E-state index >= 15 is 0 Å². The number of fused-ring (bicyclic) bond motifs is 1. The molecule has 1 saturated heterocycles. The first-order valence-electron chi connectivity index (χ1n) is 12.7. The molecule has 2 atom stereocenters. The number of aryl methyl sites for hydroxylation is 1. The van der Waals surface area contributed by atoms with Gasteiger partial charge in [-0.1, -0.05) is 35.9 Å². The summed E-state index contributed by atoms with van der Waals surface area (Å²) in [6.07, 6.45) is 2.57. The van der Waals surface area contributed by atoms with Crippen molar-refractivity contribution < 1.29 is 19.1 Å². The maximum Gasteiger partial charge on any atom is 0.254 e. The number of halogens is 1. The summed E-state index contributed by atoms with van der Waals surface area (Å²) in [6.45, 7) is 3.99. The van der Waals surface area contributed by atoms with Crippen LogP contribution < -0.4 is 4.74 Å². The number of para-hydroxylation sites is 1. The zero-order chi connectivity index (χ0) is 25.8. The summed E-state index contributed by atoms with van der Waals surface area (Å²) in [6, 6.07) is 16.6. The van der Waals surface area contributed by atoms with Crippen LogP contribution >= 0.6 is 22.9 Å². The highest BCUT2D eigenvalue weighted by Gasteiger charge is 2.34. The third-order valence-corrected chi connectivity index (χ3v) is 8.27. The van der Waals surface area contributed by atoms with Crippen molar-refractivity contribution in [2.75, 3.05) is 32.8 Å². The predicted octanol–water partition coefficient (Wildman–Crippen LogP) is 5.54. The van der Waals surface area contributed by atoms with Gasteiger partial charge in [0.1, 0.15) is 18.9 Å². The van der Waals surface area contributed by atoms with E-state index in [0.717, 1.165) is 36.1 Å². The lowest BCUT2D eigenvalue weighted by molar-refractivity contribution is -0.135. The highest BCUT2D eigenvalue weighted by atomic mass is 35.5. The molecule has 2 aromatic carbocycles. The van der Waals surface area contributed by atoms with Gasteiger partial charge in [0, 0.05) is 35.2 Å². The van der Waals surface area contributed by atoms with Crippen LogP contribution in [0.5, 0.6) is 5.75 Å². The topological polar surface area (TPSA) is 59.1 Å². The zero-order valence-electron chi connectivity index (χ0n) is 20.9. The summed E-state index contributed by atoms with van der Waals surface area (Å²) in [5.74, 6) is 0.504. The molecule has 1 aromatic heterocycles. The monoisotopic (exact) mass is 538 g/mol. The molecule has 0 unspecified atom stereocenters. The number of thiophene rings is 1. The van der Waals surface area contributed by atoms with E-state index in [2.05, 4.69) is 11.4 Å². The van der Waals surface area contributed by atoms with E-state index in [1.54, 1.807) is 40.5 Å². The van der Waals surface area contributed by atoms with Crippen molar-refractivity contribution in [1.82, 2.24) is 9.80 Å². The number of benzene rings is 2. The van der Waals surface area contributed by atoms with Crippen LogP contribution in [0.2, 0.25) is 5.02 Å². The summed E-state index contributed by atoms with van der Waals surface area (Å²) < 4.78 is 12.0. The normalized spacial score (nSPS) is 18.9. The van der Waals surface area contributed by atoms with Gasteiger partial charge in [-0.2, -0.15) is 0 Å². The molecule has 8 heteroatoms. The van der Waals surface area contributed by atoms with Crippen LogP contribution in [0.25, 0.3) is 0 Å². The van der Waals surface area contributed by atoms with Gasteiger partial charge >= 0.3 is 0 Å². The SMILES string of the molecule is Cc1ccccc1OC[C@H]1c2ccsc2CCN1C(=O)CN(C[C@@H]1CCCO1)C(=O)c1cccc(Cl)c1. The third-order valence-electron chi connectivity index (χ3n) is 7.04. The van der Waals surface area contributed by atoms with Crippen LogP contribution in [0, 0.1) is 6.92 Å². The molecule has 0 aliphatic carbocycles. The van der Waals surface area contributed by atoms with Crippen LogP contribution in [0.4, 0.5) is 0 Å². The number of nitrogens with zero attached hydrogens (tertiary/aromatic N) is 2. The van der Waals surface area contributed by atoms with Crippen LogP contribution in [-0.2, 0) is 16.0 Å². The van der Waals surface area contributed by atoms with Crippen molar-refractivity contribution in [3.05, 3.63) is 86.6 Å². The van der Waals surface area contributed by atoms with E-state index in [-0.39, 0.29) is 30.5 Å². The Balaban J connectivity index is 1.36. The van der Waals surface area contributed by atoms with Gasteiger partial charge in [0.25, 0.3) is 5.91 Å². The molecule has 5 rings (SSSR count). The lowest BCUT2D eigenvalue weighted by Crippen LogP contribution is -2.49. The summed E-state index contributed by atoms with van der Waals surface area (Å²) in [4.78, 5) is 32.1. The molecule has 6 nitrogen and oxygen atoms in total. The average molecular weight is 539 g/mol. The van der Waals surface area contributed by atoms with E-state index < -0.39 is 0 Å². The Kier molecular flexibility index (Phi) is 8.13. The van der Waals surface area contributed by atoms with E-state index in [0.29, 0.717) is 36.9 Å². The van der Waals surface area contributed by atoms with Crippen molar-refractivity contribution in [2.45, 2.75) is 38.3 Å². The quantitative estimate of drug-likeness (QED) is 0.378. The largest absolute Gasteiger partial charge is 0.491 e. The summed E-state index contributed by atoms with van der Waals surface area (Å²) in [5, 5.41) is 2.56. The molecular weight excluding hydrogens is 508 g/mol. The summed E-state index contributed by atoms with van der Waals surface area (Å²) >= 11 is 7.88. The molecular formula is C29H31ClN2O4S. The molecule has 3 heterocycles. The molecule has 37 heavy (non-hydrogen) atoms. The first-order valence-corrected chi connectivity index (χ1v) is 14.0. The Bertz CT molecular complexity index is 1260. The number of hydrogen-bond acceptors (Lipinski definition) is 5. The number of rotatable bonds is 8. The highest BCUT2D eigenvalue weighted by Crippen LogP contribution is 2.34. The van der Waals surface area contributed by atoms with E-state index in [1.807, 2.05) is 36.1 Å². The predicted molar refractivity (Wildman–Crippen MR) is 145 cm³/mol. The molecule has 0 saturated carbocycles. The number of hydrogen-bond donors (Lipinski definition) is 0. The van der Waals surface area contributed by atoms with Crippen molar-refractivity contribution in [1.29, 1.82) is 0 Å². The second-order valence-corrected chi connectivity index (χ2v) is 11.0. The van der Waals surface area contributed by atoms with E-state index in [9.17, 15) is 9.59 Å². The highest BCUT2D eigenvalue weighted by molar-refractivity contribution is 7.10. The standard InChI is InChI=1S/C29H31ClN2O4S/c1-20-6-2-3-10-26(20)36-19-25-24-12-15-37-27(24)11-13-32(25)28(33)18-31(17-23-9-5-14-35-23)29(34)21-7-4-8-22(30)16-21/h2-4,6-8,10,12,15-16,23,25H,5,9,11,13-14,17-19H2,1H3/t23-,25-/m0/s1. The van der Waals surface area contributed by atoms with Gasteiger partial charge in [0.2, 0.25) is 5.91 Å². The van der Waals surface area contributed by atoms with Crippen molar-refractivity contribution in [3.63, 3.8) is 0 Å². The number of carbonyl (C=O) groups excluding carboxylic acids is 2. The molecule has 0 N–H and O–H groups in total. The fourth-order valence-electron chi connectivity index (χ4n) is 5.07. The smallest absolute Gasteiger partial charge is 0.254 e. The number of ether oxygens (including phenoxy) is 2. The molecule has 2 amide bonds. The fraction of sp³-hybridized carbons (Fsp3) is 0.379. The van der Waals surface area contributed by atoms with Gasteiger partial charge in [-0.05, 0) is 73.0 Å². The lowest BCUT2D eigenvalue weighted by Gasteiger charge is -2.37. The first-order chi connectivity index (χ1) is 18.0. The van der Waals surface area contributed by atoms with Gasteiger partial charge in [-0.3, -0.25) is 9.59 Å². The zero-order valence-corrected chi connectivity index (χ0v) is 22.5. The Labute approximate surface area is 226 Å². The number of amides is 2. The van der Waals surface area contributed by atoms with Gasteiger partial charge < -0.3 is 19.3 Å². The minimum absolute atomic E-state index is 0.0223. The van der Waals surface area contributed by atoms with Crippen LogP contribution in [-0.4, -0.2) is 60.6 Å². The number of carbonyl (C=O) groups is 2. The second kappa shape index (κ2) is 11.7. The van der Waals surface area contributed by atoms with Gasteiger partial charge in [0.15, 0.2) is 0 Å². The first kappa shape index (κ1) is 25.8. The fourth-order valence-corrected chi connectivity index (χ4v) is 6.19. The molecule has 194 valence electrons. The molecule has 2 aliphatic heterocycles. The van der Waals surface area contributed by atoms with Crippen molar-refractivity contribution in [2.24, 2.45) is 0 Å². The van der Waals surface area contributed by atoms with Crippen LogP contribution in [0.15, 0.2) is 60.0 Å². The van der Waals surface area contributed by atoms with Gasteiger partial charge in [-0.25, -0.2) is 0 Å². The maximum atomic E-state index is 13.8. The Morgan fingerprint density at radius 1 is 1.19 bits per heavy atom. The average Bonchev–Trinajstić information content (AvgIpc) is 3.59. The summed E-state index contributed by atoms with van der Waals surface area (Å²) in [7, 11) is 0. The molecule has 0 bridgehead atoms. The van der Waals surface area contributed by atoms with Crippen molar-refractivity contribution >= 4 is 34.8 Å². The Hall–Kier alpha value is -2.87. The molecule has 3 aromatic rings. The minimum Gasteiger partial charge on any atom is -0.491 e. The molecule has 0 radical (unpaired) electrons. The van der Waals surface area contributed by atoms with Gasteiger partial charge in [0.05, 0.1) is 12.1 Å².